The number of hydrogen-bond donors (Lipinski definition) is 2. The molecule has 0 unspecified atom stereocenters. The Labute approximate surface area is 193 Å². The number of hydrogen-bond acceptors (Lipinski definition) is 3. The van der Waals surface area contributed by atoms with Crippen LogP contribution < -0.4 is 15.4 Å². The van der Waals surface area contributed by atoms with Crippen LogP contribution >= 0.6 is 24.0 Å². The van der Waals surface area contributed by atoms with Crippen LogP contribution in [0, 0.1) is 5.82 Å². The molecule has 1 aromatic heterocycles. The van der Waals surface area contributed by atoms with Crippen LogP contribution in [0.5, 0.6) is 5.88 Å². The zero-order valence-electron chi connectivity index (χ0n) is 16.8. The molecule has 0 amide bonds. The van der Waals surface area contributed by atoms with Gasteiger partial charge in [0.15, 0.2) is 5.96 Å². The van der Waals surface area contributed by atoms with Gasteiger partial charge in [-0.2, -0.15) is 0 Å². The second-order valence-corrected chi connectivity index (χ2v) is 6.51. The van der Waals surface area contributed by atoms with Gasteiger partial charge in [-0.15, -0.1) is 24.0 Å². The van der Waals surface area contributed by atoms with Crippen LogP contribution in [0.15, 0.2) is 77.9 Å². The third-order valence-corrected chi connectivity index (χ3v) is 4.33. The summed E-state index contributed by atoms with van der Waals surface area (Å²) in [5.41, 5.74) is 3.22. The standard InChI is InChI=1S/C23H25FN4O.HI/c1-25-23(27-14-11-18-7-9-21(24)10-8-18)28-16-20-12-13-26-22(15-20)29-17-19-5-3-2-4-6-19;/h2-10,12-13,15H,11,14,16-17H2,1H3,(H2,25,27,28);1H. The van der Waals surface area contributed by atoms with Crippen molar-refractivity contribution in [1.82, 2.24) is 15.6 Å². The molecule has 0 aliphatic heterocycles. The van der Waals surface area contributed by atoms with E-state index in [4.69, 9.17) is 4.74 Å². The molecule has 0 atom stereocenters. The molecule has 0 aliphatic carbocycles. The molecule has 0 radical (unpaired) electrons. The number of rotatable bonds is 8. The van der Waals surface area contributed by atoms with Gasteiger partial charge in [0.25, 0.3) is 0 Å². The first-order valence-corrected chi connectivity index (χ1v) is 9.53. The summed E-state index contributed by atoms with van der Waals surface area (Å²) in [7, 11) is 1.73. The van der Waals surface area contributed by atoms with Crippen molar-refractivity contribution in [2.75, 3.05) is 13.6 Å². The Kier molecular flexibility index (Phi) is 10.1. The van der Waals surface area contributed by atoms with Crippen LogP contribution in [-0.2, 0) is 19.6 Å². The van der Waals surface area contributed by atoms with Crippen molar-refractivity contribution in [3.63, 3.8) is 0 Å². The minimum atomic E-state index is -0.219. The molecule has 0 aliphatic rings. The molecule has 2 aromatic carbocycles. The Bertz CT molecular complexity index is 920. The molecular weight excluding hydrogens is 494 g/mol. The normalized spacial score (nSPS) is 10.8. The van der Waals surface area contributed by atoms with Crippen molar-refractivity contribution in [3.8, 4) is 5.88 Å². The molecule has 0 saturated carbocycles. The van der Waals surface area contributed by atoms with Gasteiger partial charge in [-0.3, -0.25) is 4.99 Å². The fraction of sp³-hybridized carbons (Fsp3) is 0.217. The van der Waals surface area contributed by atoms with E-state index in [1.165, 1.54) is 12.1 Å². The lowest BCUT2D eigenvalue weighted by atomic mass is 10.1. The molecule has 2 N–H and O–H groups in total. The summed E-state index contributed by atoms with van der Waals surface area (Å²) in [5, 5.41) is 6.54. The van der Waals surface area contributed by atoms with Crippen molar-refractivity contribution < 1.29 is 9.13 Å². The molecule has 0 spiro atoms. The molecule has 3 aromatic rings. The maximum absolute atomic E-state index is 13.0. The van der Waals surface area contributed by atoms with Crippen LogP contribution in [0.3, 0.4) is 0 Å². The van der Waals surface area contributed by atoms with Crippen LogP contribution in [0.4, 0.5) is 4.39 Å². The van der Waals surface area contributed by atoms with E-state index in [0.717, 1.165) is 23.1 Å². The Morgan fingerprint density at radius 1 is 0.967 bits per heavy atom. The van der Waals surface area contributed by atoms with Gasteiger partial charge in [0.1, 0.15) is 12.4 Å². The summed E-state index contributed by atoms with van der Waals surface area (Å²) < 4.78 is 18.7. The van der Waals surface area contributed by atoms with Crippen molar-refractivity contribution >= 4 is 29.9 Å². The molecule has 1 heterocycles. The third kappa shape index (κ3) is 7.98. The van der Waals surface area contributed by atoms with E-state index in [2.05, 4.69) is 20.6 Å². The van der Waals surface area contributed by atoms with E-state index in [1.54, 1.807) is 25.4 Å². The number of ether oxygens (including phenoxy) is 1. The zero-order valence-corrected chi connectivity index (χ0v) is 19.2. The number of nitrogens with one attached hydrogen (secondary N) is 2. The van der Waals surface area contributed by atoms with Gasteiger partial charge >= 0.3 is 0 Å². The van der Waals surface area contributed by atoms with Gasteiger partial charge in [0.2, 0.25) is 5.88 Å². The molecule has 0 saturated heterocycles. The number of pyridine rings is 1. The number of aromatic nitrogens is 1. The number of nitrogens with zero attached hydrogens (tertiary/aromatic N) is 2. The highest BCUT2D eigenvalue weighted by atomic mass is 127. The van der Waals surface area contributed by atoms with Crippen LogP contribution in [0.1, 0.15) is 16.7 Å². The van der Waals surface area contributed by atoms with E-state index in [-0.39, 0.29) is 29.8 Å². The Hall–Kier alpha value is -2.68. The average Bonchev–Trinajstić information content (AvgIpc) is 2.77. The van der Waals surface area contributed by atoms with E-state index < -0.39 is 0 Å². The molecular formula is C23H26FIN4O. The predicted molar refractivity (Wildman–Crippen MR) is 129 cm³/mol. The summed E-state index contributed by atoms with van der Waals surface area (Å²) in [4.78, 5) is 8.50. The second-order valence-electron chi connectivity index (χ2n) is 6.51. The minimum Gasteiger partial charge on any atom is -0.473 e. The molecule has 7 heteroatoms. The maximum Gasteiger partial charge on any atom is 0.213 e. The van der Waals surface area contributed by atoms with E-state index in [9.17, 15) is 4.39 Å². The van der Waals surface area contributed by atoms with Gasteiger partial charge in [-0.25, -0.2) is 9.37 Å². The Balaban J connectivity index is 0.00000320. The molecule has 158 valence electrons. The number of guanidine groups is 1. The highest BCUT2D eigenvalue weighted by molar-refractivity contribution is 14.0. The minimum absolute atomic E-state index is 0. The lowest BCUT2D eigenvalue weighted by Crippen LogP contribution is -2.37. The van der Waals surface area contributed by atoms with Crippen molar-refractivity contribution in [3.05, 3.63) is 95.4 Å². The van der Waals surface area contributed by atoms with Gasteiger partial charge in [-0.05, 0) is 41.3 Å². The highest BCUT2D eigenvalue weighted by Gasteiger charge is 2.02. The SMILES string of the molecule is CN=C(NCCc1ccc(F)cc1)NCc1ccnc(OCc2ccccc2)c1.I. The molecule has 0 fully saturated rings. The average molecular weight is 520 g/mol. The monoisotopic (exact) mass is 520 g/mol. The first-order valence-electron chi connectivity index (χ1n) is 9.53. The van der Waals surface area contributed by atoms with Crippen molar-refractivity contribution in [2.24, 2.45) is 4.99 Å². The third-order valence-electron chi connectivity index (χ3n) is 4.33. The van der Waals surface area contributed by atoms with Crippen molar-refractivity contribution in [2.45, 2.75) is 19.6 Å². The summed E-state index contributed by atoms with van der Waals surface area (Å²) in [6.45, 7) is 1.78. The van der Waals surface area contributed by atoms with Gasteiger partial charge in [0.05, 0.1) is 0 Å². The first-order chi connectivity index (χ1) is 14.2. The lowest BCUT2D eigenvalue weighted by Gasteiger charge is -2.12. The van der Waals surface area contributed by atoms with Gasteiger partial charge < -0.3 is 15.4 Å². The fourth-order valence-corrected chi connectivity index (χ4v) is 2.75. The number of benzene rings is 2. The summed E-state index contributed by atoms with van der Waals surface area (Å²) in [6.07, 6.45) is 2.52. The first kappa shape index (κ1) is 23.6. The van der Waals surface area contributed by atoms with Crippen LogP contribution in [-0.4, -0.2) is 24.5 Å². The predicted octanol–water partition coefficient (Wildman–Crippen LogP) is 4.33. The highest BCUT2D eigenvalue weighted by Crippen LogP contribution is 2.11. The number of halogens is 2. The van der Waals surface area contributed by atoms with E-state index in [0.29, 0.717) is 31.5 Å². The van der Waals surface area contributed by atoms with E-state index >= 15 is 0 Å². The molecule has 5 nitrogen and oxygen atoms in total. The largest absolute Gasteiger partial charge is 0.473 e. The second kappa shape index (κ2) is 12.8. The van der Waals surface area contributed by atoms with Crippen molar-refractivity contribution in [1.29, 1.82) is 0 Å². The number of aliphatic imine (C=N–C) groups is 1. The quantitative estimate of drug-likeness (QED) is 0.264. The molecule has 0 bridgehead atoms. The zero-order chi connectivity index (χ0) is 20.3. The summed E-state index contributed by atoms with van der Waals surface area (Å²) in [6, 6.07) is 20.4. The van der Waals surface area contributed by atoms with Gasteiger partial charge in [0, 0.05) is 32.4 Å². The Morgan fingerprint density at radius 2 is 1.73 bits per heavy atom. The molecule has 3 rings (SSSR count). The maximum atomic E-state index is 13.0. The topological polar surface area (TPSA) is 58.5 Å². The smallest absolute Gasteiger partial charge is 0.213 e. The van der Waals surface area contributed by atoms with Crippen LogP contribution in [0.2, 0.25) is 0 Å². The Morgan fingerprint density at radius 3 is 2.47 bits per heavy atom. The van der Waals surface area contributed by atoms with Crippen LogP contribution in [0.25, 0.3) is 0 Å². The summed E-state index contributed by atoms with van der Waals surface area (Å²) >= 11 is 0. The molecule has 30 heavy (non-hydrogen) atoms. The fourth-order valence-electron chi connectivity index (χ4n) is 2.75. The lowest BCUT2D eigenvalue weighted by molar-refractivity contribution is 0.293. The van der Waals surface area contributed by atoms with E-state index in [1.807, 2.05) is 42.5 Å². The van der Waals surface area contributed by atoms with Gasteiger partial charge in [-0.1, -0.05) is 42.5 Å². The summed E-state index contributed by atoms with van der Waals surface area (Å²) in [5.74, 6) is 1.08.